The van der Waals surface area contributed by atoms with Crippen LogP contribution in [0.4, 0.5) is 0 Å². The molecule has 0 saturated heterocycles. The Hall–Kier alpha value is -1.20. The summed E-state index contributed by atoms with van der Waals surface area (Å²) >= 11 is 0. The first kappa shape index (κ1) is 19.8. The molecule has 0 aliphatic rings. The molecule has 0 aliphatic carbocycles. The van der Waals surface area contributed by atoms with Gasteiger partial charge in [-0.3, -0.25) is 9.97 Å². The first-order valence-corrected chi connectivity index (χ1v) is 7.36. The number of hydrogen-bond acceptors (Lipinski definition) is 9. The van der Waals surface area contributed by atoms with E-state index in [2.05, 4.69) is 9.97 Å². The number of aliphatic hydroxyl groups excluding tert-OH is 3. The van der Waals surface area contributed by atoms with E-state index < -0.39 is 24.5 Å². The lowest BCUT2D eigenvalue weighted by molar-refractivity contribution is -0.314. The van der Waals surface area contributed by atoms with E-state index in [1.54, 1.807) is 6.92 Å². The van der Waals surface area contributed by atoms with Crippen molar-refractivity contribution in [2.24, 2.45) is 0 Å². The molecule has 3 atom stereocenters. The molecule has 1 rings (SSSR count). The van der Waals surface area contributed by atoms with E-state index in [0.717, 1.165) is 0 Å². The van der Waals surface area contributed by atoms with Crippen LogP contribution in [0.25, 0.3) is 0 Å². The van der Waals surface area contributed by atoms with Gasteiger partial charge in [-0.05, 0) is 19.8 Å². The van der Waals surface area contributed by atoms with Gasteiger partial charge in [-0.15, -0.1) is 0 Å². The number of aromatic nitrogens is 2. The first-order chi connectivity index (χ1) is 10.7. The molecule has 3 unspecified atom stereocenters. The van der Waals surface area contributed by atoms with E-state index in [-0.39, 0.29) is 31.6 Å². The fourth-order valence-electron chi connectivity index (χ4n) is 1.95. The van der Waals surface area contributed by atoms with Crippen molar-refractivity contribution in [3.63, 3.8) is 0 Å². The van der Waals surface area contributed by atoms with E-state index in [0.29, 0.717) is 12.1 Å². The summed E-state index contributed by atoms with van der Waals surface area (Å²) in [6.07, 6.45) is -0.813. The Labute approximate surface area is 133 Å². The standard InChI is InChI=1S/C14H24N2O7/c1-2-23-12(18)6-11(17)13(19)10-8-15-9(7-16-10)4-3-5-14(20,21)22/h7-8,11-13,17-22H,2-6H2,1H3. The minimum atomic E-state index is -2.70. The van der Waals surface area contributed by atoms with Gasteiger partial charge in [-0.2, -0.15) is 0 Å². The van der Waals surface area contributed by atoms with Crippen molar-refractivity contribution < 1.29 is 35.4 Å². The number of hydrogen-bond donors (Lipinski definition) is 6. The fourth-order valence-corrected chi connectivity index (χ4v) is 1.95. The number of ether oxygens (including phenoxy) is 1. The second kappa shape index (κ2) is 9.18. The van der Waals surface area contributed by atoms with Crippen LogP contribution >= 0.6 is 0 Å². The molecule has 1 aromatic rings. The van der Waals surface area contributed by atoms with Crippen molar-refractivity contribution in [3.05, 3.63) is 23.8 Å². The Balaban J connectivity index is 2.51. The SMILES string of the molecule is CCOC(O)CC(O)C(O)c1cnc(CCCC(O)(O)O)cn1. The summed E-state index contributed by atoms with van der Waals surface area (Å²) in [5.41, 5.74) is 0.680. The highest BCUT2D eigenvalue weighted by atomic mass is 16.7. The Morgan fingerprint density at radius 1 is 1.13 bits per heavy atom. The van der Waals surface area contributed by atoms with Gasteiger partial charge in [0.15, 0.2) is 6.29 Å². The highest BCUT2D eigenvalue weighted by Crippen LogP contribution is 2.18. The van der Waals surface area contributed by atoms with Gasteiger partial charge >= 0.3 is 0 Å². The van der Waals surface area contributed by atoms with Crippen molar-refractivity contribution >= 4 is 0 Å². The summed E-state index contributed by atoms with van der Waals surface area (Å²) in [6.45, 7) is 1.99. The van der Waals surface area contributed by atoms with Crippen LogP contribution in [0, 0.1) is 0 Å². The Morgan fingerprint density at radius 3 is 2.35 bits per heavy atom. The molecule has 9 heteroatoms. The van der Waals surface area contributed by atoms with Crippen LogP contribution in [0.5, 0.6) is 0 Å². The largest absolute Gasteiger partial charge is 0.390 e. The van der Waals surface area contributed by atoms with E-state index in [4.69, 9.17) is 20.1 Å². The zero-order chi connectivity index (χ0) is 17.5. The van der Waals surface area contributed by atoms with Gasteiger partial charge in [0.05, 0.1) is 23.7 Å². The molecule has 0 fully saturated rings. The molecular formula is C14H24N2O7. The molecule has 0 radical (unpaired) electrons. The molecule has 132 valence electrons. The van der Waals surface area contributed by atoms with E-state index in [9.17, 15) is 15.3 Å². The maximum absolute atomic E-state index is 9.96. The Kier molecular flexibility index (Phi) is 7.92. The predicted molar refractivity (Wildman–Crippen MR) is 77.6 cm³/mol. The van der Waals surface area contributed by atoms with Crippen LogP contribution < -0.4 is 0 Å². The monoisotopic (exact) mass is 332 g/mol. The smallest absolute Gasteiger partial charge is 0.275 e. The lowest BCUT2D eigenvalue weighted by atomic mass is 10.1. The van der Waals surface area contributed by atoms with Crippen LogP contribution in [-0.2, 0) is 11.2 Å². The molecule has 1 heterocycles. The van der Waals surface area contributed by atoms with Crippen molar-refractivity contribution in [2.75, 3.05) is 6.61 Å². The molecular weight excluding hydrogens is 308 g/mol. The lowest BCUT2D eigenvalue weighted by Crippen LogP contribution is -2.27. The van der Waals surface area contributed by atoms with Gasteiger partial charge in [0, 0.05) is 25.6 Å². The first-order valence-electron chi connectivity index (χ1n) is 7.36. The summed E-state index contributed by atoms with van der Waals surface area (Å²) in [5.74, 6) is -2.70. The third-order valence-electron chi connectivity index (χ3n) is 3.14. The van der Waals surface area contributed by atoms with Crippen molar-refractivity contribution in [1.82, 2.24) is 9.97 Å². The Bertz CT molecular complexity index is 449. The predicted octanol–water partition coefficient (Wildman–Crippen LogP) is -1.43. The van der Waals surface area contributed by atoms with Crippen LogP contribution in [0.2, 0.25) is 0 Å². The lowest BCUT2D eigenvalue weighted by Gasteiger charge is -2.20. The topological polar surface area (TPSA) is 156 Å². The maximum Gasteiger partial charge on any atom is 0.275 e. The van der Waals surface area contributed by atoms with Gasteiger partial charge in [0.1, 0.15) is 6.10 Å². The molecule has 0 aliphatic heterocycles. The van der Waals surface area contributed by atoms with Crippen LogP contribution in [-0.4, -0.2) is 65.6 Å². The minimum absolute atomic E-state index is 0.144. The number of aryl methyl sites for hydroxylation is 1. The summed E-state index contributed by atoms with van der Waals surface area (Å²) in [6, 6.07) is 0. The van der Waals surface area contributed by atoms with Gasteiger partial charge < -0.3 is 35.4 Å². The van der Waals surface area contributed by atoms with Gasteiger partial charge in [0.2, 0.25) is 0 Å². The quantitative estimate of drug-likeness (QED) is 0.283. The average Bonchev–Trinajstić information content (AvgIpc) is 2.46. The average molecular weight is 332 g/mol. The molecule has 0 saturated carbocycles. The summed E-state index contributed by atoms with van der Waals surface area (Å²) < 4.78 is 4.88. The third-order valence-corrected chi connectivity index (χ3v) is 3.14. The molecule has 0 spiro atoms. The molecule has 23 heavy (non-hydrogen) atoms. The van der Waals surface area contributed by atoms with Crippen LogP contribution in [0.15, 0.2) is 12.4 Å². The van der Waals surface area contributed by atoms with Crippen molar-refractivity contribution in [1.29, 1.82) is 0 Å². The summed E-state index contributed by atoms with van der Waals surface area (Å²) in [4.78, 5) is 8.03. The van der Waals surface area contributed by atoms with E-state index in [1.165, 1.54) is 12.4 Å². The molecule has 0 aromatic carbocycles. The summed E-state index contributed by atoms with van der Waals surface area (Å²) in [5, 5.41) is 55.5. The maximum atomic E-state index is 9.96. The zero-order valence-corrected chi connectivity index (χ0v) is 12.9. The number of rotatable bonds is 10. The molecule has 0 bridgehead atoms. The zero-order valence-electron chi connectivity index (χ0n) is 12.9. The molecule has 9 nitrogen and oxygen atoms in total. The van der Waals surface area contributed by atoms with Gasteiger partial charge in [0.25, 0.3) is 5.97 Å². The molecule has 6 N–H and O–H groups in total. The fraction of sp³-hybridized carbons (Fsp3) is 0.714. The van der Waals surface area contributed by atoms with Crippen molar-refractivity contribution in [2.45, 2.75) is 57.1 Å². The van der Waals surface area contributed by atoms with Crippen LogP contribution in [0.3, 0.4) is 0 Å². The van der Waals surface area contributed by atoms with Crippen LogP contribution in [0.1, 0.15) is 43.7 Å². The van der Waals surface area contributed by atoms with Gasteiger partial charge in [-0.25, -0.2) is 0 Å². The summed E-state index contributed by atoms with van der Waals surface area (Å²) in [7, 11) is 0. The Morgan fingerprint density at radius 2 is 1.83 bits per heavy atom. The highest BCUT2D eigenvalue weighted by Gasteiger charge is 2.23. The van der Waals surface area contributed by atoms with Crippen molar-refractivity contribution in [3.8, 4) is 0 Å². The highest BCUT2D eigenvalue weighted by molar-refractivity contribution is 5.06. The normalized spacial score (nSPS) is 16.1. The van der Waals surface area contributed by atoms with E-state index >= 15 is 0 Å². The second-order valence-corrected chi connectivity index (χ2v) is 5.22. The number of aliphatic hydroxyl groups is 6. The third kappa shape index (κ3) is 7.75. The molecule has 1 aromatic heterocycles. The number of nitrogens with zero attached hydrogens (tertiary/aromatic N) is 2. The van der Waals surface area contributed by atoms with Gasteiger partial charge in [-0.1, -0.05) is 0 Å². The van der Waals surface area contributed by atoms with E-state index in [1.807, 2.05) is 0 Å². The second-order valence-electron chi connectivity index (χ2n) is 5.22. The molecule has 0 amide bonds. The minimum Gasteiger partial charge on any atom is -0.390 e.